The Morgan fingerprint density at radius 3 is 2.45 bits per heavy atom. The van der Waals surface area contributed by atoms with Gasteiger partial charge in [-0.1, -0.05) is 18.2 Å². The van der Waals surface area contributed by atoms with Crippen LogP contribution >= 0.6 is 0 Å². The van der Waals surface area contributed by atoms with Gasteiger partial charge in [-0.05, 0) is 26.7 Å². The molecule has 1 unspecified atom stereocenters. The second-order valence-electron chi connectivity index (χ2n) is 10.2. The zero-order chi connectivity index (χ0) is 28.4. The van der Waals surface area contributed by atoms with Gasteiger partial charge < -0.3 is 24.8 Å². The molecule has 1 aliphatic carbocycles. The van der Waals surface area contributed by atoms with E-state index < -0.39 is 54.3 Å². The first kappa shape index (κ1) is 28.1. The molecule has 2 atom stereocenters. The van der Waals surface area contributed by atoms with Crippen LogP contribution < -0.4 is 10.6 Å². The Morgan fingerprint density at radius 2 is 1.82 bits per heavy atom. The largest absolute Gasteiger partial charge is 0.455 e. The fourth-order valence-corrected chi connectivity index (χ4v) is 4.95. The van der Waals surface area contributed by atoms with Gasteiger partial charge in [-0.25, -0.2) is 27.5 Å². The lowest BCUT2D eigenvalue weighted by Crippen LogP contribution is -2.50. The molecule has 13 heteroatoms. The van der Waals surface area contributed by atoms with Crippen molar-refractivity contribution in [3.05, 3.63) is 64.7 Å². The standard InChI is InChI=1S/C27H31F4N5O4/c1-15(17-4-3-5-18(20(17)29)23(30)31)32-24-19(26-39-12-13-40-26)21(33-16(2)34-24)22(36-8-10-38-11-9-36)25(37)35-27(14-28)6-7-27/h3-5,12-13,15,22-23,26H,6-11,14H2,1-2H3,(H,35,37)(H,32,33,34)/t15-,22?/m1/s1. The number of rotatable bonds is 10. The summed E-state index contributed by atoms with van der Waals surface area (Å²) in [5.74, 6) is -0.981. The molecule has 9 nitrogen and oxygen atoms in total. The molecule has 2 aliphatic heterocycles. The maximum Gasteiger partial charge on any atom is 0.271 e. The Morgan fingerprint density at radius 1 is 1.15 bits per heavy atom. The van der Waals surface area contributed by atoms with E-state index in [1.807, 2.05) is 4.90 Å². The molecular formula is C27H31F4N5O4. The Labute approximate surface area is 228 Å². The van der Waals surface area contributed by atoms with Crippen LogP contribution in [0.5, 0.6) is 0 Å². The maximum atomic E-state index is 15.0. The topological polar surface area (TPSA) is 97.8 Å². The van der Waals surface area contributed by atoms with Gasteiger partial charge >= 0.3 is 0 Å². The first-order chi connectivity index (χ1) is 19.2. The summed E-state index contributed by atoms with van der Waals surface area (Å²) in [5.41, 5.74) is -1.04. The Balaban J connectivity index is 1.57. The van der Waals surface area contributed by atoms with Gasteiger partial charge in [0.2, 0.25) is 5.91 Å². The first-order valence-electron chi connectivity index (χ1n) is 13.1. The van der Waals surface area contributed by atoms with Gasteiger partial charge in [0.05, 0.1) is 41.6 Å². The van der Waals surface area contributed by atoms with E-state index in [1.165, 1.54) is 24.7 Å². The molecular weight excluding hydrogens is 534 g/mol. The highest BCUT2D eigenvalue weighted by molar-refractivity contribution is 5.84. The van der Waals surface area contributed by atoms with Crippen LogP contribution in [-0.2, 0) is 19.0 Å². The summed E-state index contributed by atoms with van der Waals surface area (Å²) in [6, 6.07) is 2.03. The number of morpholine rings is 1. The molecule has 1 saturated carbocycles. The van der Waals surface area contributed by atoms with Gasteiger partial charge in [0.1, 0.15) is 42.7 Å². The number of carbonyl (C=O) groups excluding carboxylic acids is 1. The molecule has 1 aromatic carbocycles. The van der Waals surface area contributed by atoms with Crippen molar-refractivity contribution in [1.82, 2.24) is 20.2 Å². The highest BCUT2D eigenvalue weighted by Gasteiger charge is 2.47. The third kappa shape index (κ3) is 5.71. The smallest absolute Gasteiger partial charge is 0.271 e. The molecule has 216 valence electrons. The van der Waals surface area contributed by atoms with E-state index in [-0.39, 0.29) is 22.6 Å². The highest BCUT2D eigenvalue weighted by Crippen LogP contribution is 2.40. The van der Waals surface area contributed by atoms with E-state index in [9.17, 15) is 22.4 Å². The Hall–Kier alpha value is -3.45. The number of halogens is 4. The molecule has 1 amide bonds. The van der Waals surface area contributed by atoms with Crippen LogP contribution in [0.1, 0.15) is 72.8 Å². The van der Waals surface area contributed by atoms with E-state index in [0.717, 1.165) is 6.07 Å². The number of aryl methyl sites for hydroxylation is 1. The fourth-order valence-electron chi connectivity index (χ4n) is 4.95. The number of aromatic nitrogens is 2. The van der Waals surface area contributed by atoms with Crippen LogP contribution in [-0.4, -0.2) is 59.3 Å². The van der Waals surface area contributed by atoms with Crippen molar-refractivity contribution in [3.8, 4) is 0 Å². The minimum absolute atomic E-state index is 0.00837. The molecule has 0 bridgehead atoms. The zero-order valence-corrected chi connectivity index (χ0v) is 22.1. The third-order valence-electron chi connectivity index (χ3n) is 7.31. The quantitative estimate of drug-likeness (QED) is 0.406. The lowest BCUT2D eigenvalue weighted by molar-refractivity contribution is -0.130. The van der Waals surface area contributed by atoms with Gasteiger partial charge in [-0.2, -0.15) is 0 Å². The predicted molar refractivity (Wildman–Crippen MR) is 135 cm³/mol. The summed E-state index contributed by atoms with van der Waals surface area (Å²) >= 11 is 0. The summed E-state index contributed by atoms with van der Waals surface area (Å²) in [7, 11) is 0. The summed E-state index contributed by atoms with van der Waals surface area (Å²) < 4.78 is 72.3. The van der Waals surface area contributed by atoms with E-state index in [2.05, 4.69) is 20.6 Å². The molecule has 3 heterocycles. The third-order valence-corrected chi connectivity index (χ3v) is 7.31. The molecule has 2 fully saturated rings. The number of carbonyl (C=O) groups is 1. The number of hydrogen-bond donors (Lipinski definition) is 2. The molecule has 1 saturated heterocycles. The average Bonchev–Trinajstić information content (AvgIpc) is 3.49. The normalized spacial score (nSPS) is 20.1. The van der Waals surface area contributed by atoms with Gasteiger partial charge in [0, 0.05) is 18.7 Å². The number of nitrogens with zero attached hydrogens (tertiary/aromatic N) is 3. The molecule has 2 aromatic rings. The van der Waals surface area contributed by atoms with Crippen molar-refractivity contribution < 1.29 is 36.6 Å². The fraction of sp³-hybridized carbons (Fsp3) is 0.519. The van der Waals surface area contributed by atoms with Crippen molar-refractivity contribution in [3.63, 3.8) is 0 Å². The lowest BCUT2D eigenvalue weighted by atomic mass is 10.0. The number of amides is 1. The average molecular weight is 566 g/mol. The van der Waals surface area contributed by atoms with Crippen LogP contribution in [0, 0.1) is 12.7 Å². The number of hydrogen-bond acceptors (Lipinski definition) is 8. The van der Waals surface area contributed by atoms with E-state index in [0.29, 0.717) is 45.0 Å². The molecule has 40 heavy (non-hydrogen) atoms. The molecule has 2 N–H and O–H groups in total. The van der Waals surface area contributed by atoms with Crippen molar-refractivity contribution in [2.75, 3.05) is 38.3 Å². The first-order valence-corrected chi connectivity index (χ1v) is 13.1. The number of ether oxygens (including phenoxy) is 3. The Kier molecular flexibility index (Phi) is 8.13. The zero-order valence-electron chi connectivity index (χ0n) is 22.1. The number of benzene rings is 1. The van der Waals surface area contributed by atoms with Crippen molar-refractivity contribution in [1.29, 1.82) is 0 Å². The summed E-state index contributed by atoms with van der Waals surface area (Å²) in [4.78, 5) is 24.8. The highest BCUT2D eigenvalue weighted by atomic mass is 19.3. The van der Waals surface area contributed by atoms with Crippen LogP contribution in [0.4, 0.5) is 23.4 Å². The summed E-state index contributed by atoms with van der Waals surface area (Å²) in [6.07, 6.45) is -0.289. The number of nitrogens with one attached hydrogen (secondary N) is 2. The maximum absolute atomic E-state index is 15.0. The SMILES string of the molecule is Cc1nc(N[C@H](C)c2cccc(C(F)F)c2F)c(C2OC=CO2)c(C(C(=O)NC2(CF)CC2)N2CCOCC2)n1. The lowest BCUT2D eigenvalue weighted by Gasteiger charge is -2.35. The second-order valence-corrected chi connectivity index (χ2v) is 10.2. The monoisotopic (exact) mass is 565 g/mol. The molecule has 3 aliphatic rings. The minimum Gasteiger partial charge on any atom is -0.455 e. The molecule has 0 spiro atoms. The van der Waals surface area contributed by atoms with Crippen LogP contribution in [0.3, 0.4) is 0 Å². The van der Waals surface area contributed by atoms with Crippen molar-refractivity contribution in [2.45, 2.75) is 57.0 Å². The number of anilines is 1. The van der Waals surface area contributed by atoms with Gasteiger partial charge in [0.25, 0.3) is 12.7 Å². The Bertz CT molecular complexity index is 1260. The van der Waals surface area contributed by atoms with Crippen molar-refractivity contribution in [2.24, 2.45) is 0 Å². The predicted octanol–water partition coefficient (Wildman–Crippen LogP) is 4.54. The van der Waals surface area contributed by atoms with Crippen LogP contribution in [0.25, 0.3) is 0 Å². The molecule has 1 aromatic heterocycles. The second kappa shape index (κ2) is 11.6. The van der Waals surface area contributed by atoms with Gasteiger partial charge in [-0.3, -0.25) is 9.69 Å². The van der Waals surface area contributed by atoms with Crippen LogP contribution in [0.15, 0.2) is 30.7 Å². The van der Waals surface area contributed by atoms with Gasteiger partial charge in [-0.15, -0.1) is 0 Å². The number of alkyl halides is 3. The molecule has 5 rings (SSSR count). The van der Waals surface area contributed by atoms with Crippen molar-refractivity contribution >= 4 is 11.7 Å². The molecule has 0 radical (unpaired) electrons. The van der Waals surface area contributed by atoms with Gasteiger partial charge in [0.15, 0.2) is 0 Å². The minimum atomic E-state index is -2.98. The van der Waals surface area contributed by atoms with E-state index in [4.69, 9.17) is 14.2 Å². The summed E-state index contributed by atoms with van der Waals surface area (Å²) in [5, 5.41) is 5.97. The van der Waals surface area contributed by atoms with E-state index >= 15 is 0 Å². The summed E-state index contributed by atoms with van der Waals surface area (Å²) in [6.45, 7) is 4.16. The van der Waals surface area contributed by atoms with E-state index in [1.54, 1.807) is 13.8 Å². The van der Waals surface area contributed by atoms with Crippen LogP contribution in [0.2, 0.25) is 0 Å².